The van der Waals surface area contributed by atoms with E-state index in [0.717, 1.165) is 11.1 Å². The Morgan fingerprint density at radius 2 is 1.75 bits per heavy atom. The van der Waals surface area contributed by atoms with Gasteiger partial charge in [0.05, 0.1) is 11.6 Å². The van der Waals surface area contributed by atoms with Crippen LogP contribution in [0.15, 0.2) is 54.2 Å². The summed E-state index contributed by atoms with van der Waals surface area (Å²) >= 11 is 0. The van der Waals surface area contributed by atoms with Gasteiger partial charge in [-0.3, -0.25) is 9.59 Å². The number of nitrogens with zero attached hydrogens (tertiary/aromatic N) is 3. The maximum atomic E-state index is 13.3. The number of piperazine rings is 1. The number of hydrogen-bond acceptors (Lipinski definition) is 3. The normalized spacial score (nSPS) is 21.2. The van der Waals surface area contributed by atoms with Crippen molar-refractivity contribution in [3.8, 4) is 6.07 Å². The van der Waals surface area contributed by atoms with Gasteiger partial charge in [-0.05, 0) is 42.7 Å². The Morgan fingerprint density at radius 1 is 1.07 bits per heavy atom. The molecule has 1 aliphatic rings. The Kier molecular flexibility index (Phi) is 5.06. The van der Waals surface area contributed by atoms with Crippen molar-refractivity contribution in [3.63, 3.8) is 0 Å². The lowest BCUT2D eigenvalue weighted by Gasteiger charge is -2.45. The molecule has 0 spiro atoms. The summed E-state index contributed by atoms with van der Waals surface area (Å²) in [6.45, 7) is 3.67. The number of hydrogen-bond donors (Lipinski definition) is 0. The van der Waals surface area contributed by atoms with Crippen molar-refractivity contribution in [2.24, 2.45) is 0 Å². The van der Waals surface area contributed by atoms with Gasteiger partial charge in [0.15, 0.2) is 0 Å². The van der Waals surface area contributed by atoms with Crippen molar-refractivity contribution in [2.45, 2.75) is 25.8 Å². The summed E-state index contributed by atoms with van der Waals surface area (Å²) in [4.78, 5) is 29.4. The molecule has 0 aliphatic carbocycles. The smallest absolute Gasteiger partial charge is 0.271 e. The summed E-state index contributed by atoms with van der Waals surface area (Å²) in [7, 11) is 3.28. The highest BCUT2D eigenvalue weighted by molar-refractivity contribution is 6.09. The van der Waals surface area contributed by atoms with Gasteiger partial charge in [-0.2, -0.15) is 5.26 Å². The van der Waals surface area contributed by atoms with Crippen molar-refractivity contribution >= 4 is 17.9 Å². The molecule has 2 aromatic carbocycles. The number of rotatable bonds is 3. The summed E-state index contributed by atoms with van der Waals surface area (Å²) in [5, 5.41) is 9.40. The molecule has 2 amide bonds. The molecule has 0 N–H and O–H groups in total. The first kappa shape index (κ1) is 19.4. The van der Waals surface area contributed by atoms with Crippen LogP contribution < -0.4 is 0 Å². The third-order valence-corrected chi connectivity index (χ3v) is 5.51. The molecular weight excluding hydrogens is 350 g/mol. The zero-order valence-electron chi connectivity index (χ0n) is 16.6. The van der Waals surface area contributed by atoms with E-state index in [9.17, 15) is 14.9 Å². The van der Waals surface area contributed by atoms with Crippen molar-refractivity contribution in [2.75, 3.05) is 14.1 Å². The zero-order valence-corrected chi connectivity index (χ0v) is 16.6. The Morgan fingerprint density at radius 3 is 2.39 bits per heavy atom. The van der Waals surface area contributed by atoms with E-state index in [1.165, 1.54) is 9.80 Å². The van der Waals surface area contributed by atoms with E-state index in [0.29, 0.717) is 17.5 Å². The van der Waals surface area contributed by atoms with E-state index in [1.54, 1.807) is 39.2 Å². The first-order valence-electron chi connectivity index (χ1n) is 9.11. The average Bonchev–Trinajstić information content (AvgIpc) is 2.70. The Balaban J connectivity index is 2.03. The van der Waals surface area contributed by atoms with Crippen LogP contribution in [0.4, 0.5) is 0 Å². The van der Waals surface area contributed by atoms with Crippen molar-refractivity contribution in [1.29, 1.82) is 5.26 Å². The van der Waals surface area contributed by atoms with Crippen LogP contribution >= 0.6 is 0 Å². The van der Waals surface area contributed by atoms with Crippen LogP contribution in [0.5, 0.6) is 0 Å². The molecule has 1 saturated heterocycles. The minimum atomic E-state index is -0.978. The predicted molar refractivity (Wildman–Crippen MR) is 108 cm³/mol. The highest BCUT2D eigenvalue weighted by Crippen LogP contribution is 2.31. The highest BCUT2D eigenvalue weighted by atomic mass is 16.2. The highest BCUT2D eigenvalue weighted by Gasteiger charge is 2.48. The molecule has 28 heavy (non-hydrogen) atoms. The molecule has 0 bridgehead atoms. The average molecular weight is 373 g/mol. The summed E-state index contributed by atoms with van der Waals surface area (Å²) in [5.74, 6) is -0.399. The quantitative estimate of drug-likeness (QED) is 0.777. The van der Waals surface area contributed by atoms with E-state index < -0.39 is 5.54 Å². The first-order chi connectivity index (χ1) is 13.3. The molecule has 5 heteroatoms. The van der Waals surface area contributed by atoms with E-state index in [4.69, 9.17) is 0 Å². The van der Waals surface area contributed by atoms with Gasteiger partial charge in [-0.15, -0.1) is 0 Å². The second-order valence-electron chi connectivity index (χ2n) is 7.34. The van der Waals surface area contributed by atoms with E-state index >= 15 is 0 Å². The van der Waals surface area contributed by atoms with E-state index in [-0.39, 0.29) is 17.5 Å². The van der Waals surface area contributed by atoms with Crippen molar-refractivity contribution in [1.82, 2.24) is 9.80 Å². The van der Waals surface area contributed by atoms with Gasteiger partial charge < -0.3 is 9.80 Å². The summed E-state index contributed by atoms with van der Waals surface area (Å²) in [6.07, 6.45) is 2.08. The fourth-order valence-electron chi connectivity index (χ4n) is 3.61. The molecule has 3 rings (SSSR count). The number of aryl methyl sites for hydroxylation is 1. The number of nitriles is 1. The van der Waals surface area contributed by atoms with Crippen LogP contribution in [0, 0.1) is 18.3 Å². The van der Waals surface area contributed by atoms with Gasteiger partial charge in [0, 0.05) is 20.5 Å². The lowest BCUT2D eigenvalue weighted by Crippen LogP contribution is -2.64. The molecule has 142 valence electrons. The topological polar surface area (TPSA) is 64.4 Å². The number of likely N-dealkylation sites (N-methyl/N-ethyl adjacent to an activating group) is 2. The minimum Gasteiger partial charge on any atom is -0.326 e. The first-order valence-corrected chi connectivity index (χ1v) is 9.11. The molecule has 0 saturated carbocycles. The largest absolute Gasteiger partial charge is 0.326 e. The Bertz CT molecular complexity index is 1000. The lowest BCUT2D eigenvalue weighted by atomic mass is 9.86. The molecule has 1 fully saturated rings. The number of benzene rings is 2. The van der Waals surface area contributed by atoms with Crippen LogP contribution in [0.1, 0.15) is 29.2 Å². The van der Waals surface area contributed by atoms with Gasteiger partial charge in [-0.1, -0.05) is 42.5 Å². The Labute approximate surface area is 165 Å². The molecule has 5 nitrogen and oxygen atoms in total. The molecule has 1 unspecified atom stereocenters. The predicted octanol–water partition coefficient (Wildman–Crippen LogP) is 3.14. The van der Waals surface area contributed by atoms with Gasteiger partial charge in [0.2, 0.25) is 0 Å². The molecule has 0 radical (unpaired) electrons. The third kappa shape index (κ3) is 3.18. The van der Waals surface area contributed by atoms with E-state index in [2.05, 4.69) is 6.07 Å². The number of carbonyl (C=O) groups is 2. The third-order valence-electron chi connectivity index (χ3n) is 5.51. The molecular formula is C23H23N3O2. The van der Waals surface area contributed by atoms with Crippen molar-refractivity contribution in [3.05, 3.63) is 76.5 Å². The van der Waals surface area contributed by atoms with Gasteiger partial charge in [-0.25, -0.2) is 0 Å². The number of amides is 2. The van der Waals surface area contributed by atoms with Gasteiger partial charge in [0.25, 0.3) is 11.8 Å². The maximum Gasteiger partial charge on any atom is 0.271 e. The summed E-state index contributed by atoms with van der Waals surface area (Å²) in [5.41, 5.74) is 2.29. The molecule has 1 aliphatic heterocycles. The Hall–Kier alpha value is -3.39. The lowest BCUT2D eigenvalue weighted by molar-refractivity contribution is -0.155. The molecule has 1 atom stereocenters. The summed E-state index contributed by atoms with van der Waals surface area (Å²) in [6, 6.07) is 17.2. The van der Waals surface area contributed by atoms with Crippen LogP contribution in [0.3, 0.4) is 0 Å². The second kappa shape index (κ2) is 7.32. The van der Waals surface area contributed by atoms with Crippen LogP contribution in [0.2, 0.25) is 0 Å². The number of carbonyl (C=O) groups excluding carboxylic acids is 2. The summed E-state index contributed by atoms with van der Waals surface area (Å²) < 4.78 is 0. The standard InChI is InChI=1S/C23H23N3O2/c1-16-9-8-12-18(15-24)19(16)13-20-21(27)26(4)23(2,22(28)25(20)3)14-17-10-6-5-7-11-17/h5-13H,14H2,1-4H3/b20-13-. The molecule has 1 heterocycles. The van der Waals surface area contributed by atoms with Crippen molar-refractivity contribution < 1.29 is 9.59 Å². The monoisotopic (exact) mass is 373 g/mol. The molecule has 0 aromatic heterocycles. The van der Waals surface area contributed by atoms with Gasteiger partial charge in [0.1, 0.15) is 11.2 Å². The maximum absolute atomic E-state index is 13.3. The zero-order chi connectivity index (χ0) is 20.5. The van der Waals surface area contributed by atoms with Crippen LogP contribution in [-0.4, -0.2) is 41.2 Å². The molecule has 2 aromatic rings. The second-order valence-corrected chi connectivity index (χ2v) is 7.34. The SMILES string of the molecule is Cc1cccc(C#N)c1/C=C1/C(=O)N(C)C(C)(Cc2ccccc2)C(=O)N1C. The van der Waals surface area contributed by atoms with Crippen LogP contribution in [-0.2, 0) is 16.0 Å². The fraction of sp³-hybridized carbons (Fsp3) is 0.261. The fourth-order valence-corrected chi connectivity index (χ4v) is 3.61. The van der Waals surface area contributed by atoms with E-state index in [1.807, 2.05) is 43.3 Å². The van der Waals surface area contributed by atoms with Gasteiger partial charge >= 0.3 is 0 Å². The van der Waals surface area contributed by atoms with Crippen LogP contribution in [0.25, 0.3) is 6.08 Å². The minimum absolute atomic E-state index is 0.156.